The Morgan fingerprint density at radius 2 is 2.00 bits per heavy atom. The molecule has 0 saturated heterocycles. The summed E-state index contributed by atoms with van der Waals surface area (Å²) in [6.45, 7) is 1.84. The second-order valence-electron chi connectivity index (χ2n) is 1.93. The fourth-order valence-electron chi connectivity index (χ4n) is 0.274. The first-order chi connectivity index (χ1) is 4.68. The Hall–Kier alpha value is -0.610. The first-order valence-electron chi connectivity index (χ1n) is 2.98. The minimum Gasteiger partial charge on any atom is -0.383 e. The van der Waals surface area contributed by atoms with Crippen molar-refractivity contribution in [1.29, 1.82) is 0 Å². The molecule has 4 nitrogen and oxygen atoms in total. The number of ether oxygens (including phenoxy) is 1. The quantitative estimate of drug-likeness (QED) is 0.538. The van der Waals surface area contributed by atoms with Crippen LogP contribution in [-0.4, -0.2) is 45.7 Å². The number of hydrogen-bond donors (Lipinski definition) is 1. The van der Waals surface area contributed by atoms with Gasteiger partial charge in [0.25, 0.3) is 0 Å². The molecular weight excluding hydrogens is 132 g/mol. The van der Waals surface area contributed by atoms with Gasteiger partial charge >= 0.3 is 0 Å². The molecule has 0 atom stereocenters. The van der Waals surface area contributed by atoms with E-state index in [4.69, 9.17) is 9.53 Å². The normalized spacial score (nSPS) is 8.40. The summed E-state index contributed by atoms with van der Waals surface area (Å²) in [6.07, 6.45) is 0.250. The Kier molecular flexibility index (Phi) is 13.6. The van der Waals surface area contributed by atoms with Crippen molar-refractivity contribution in [2.45, 2.75) is 0 Å². The van der Waals surface area contributed by atoms with E-state index in [9.17, 15) is 0 Å². The number of likely N-dealkylation sites (N-methyl/N-ethyl adjacent to an activating group) is 1. The summed E-state index contributed by atoms with van der Waals surface area (Å²) >= 11 is 0. The van der Waals surface area contributed by atoms with Gasteiger partial charge in [0.05, 0.1) is 6.61 Å². The third kappa shape index (κ3) is 26.3. The van der Waals surface area contributed by atoms with Crippen molar-refractivity contribution < 1.29 is 9.53 Å². The van der Waals surface area contributed by atoms with Crippen molar-refractivity contribution in [3.8, 4) is 0 Å². The van der Waals surface area contributed by atoms with Gasteiger partial charge in [0.2, 0.25) is 6.41 Å². The van der Waals surface area contributed by atoms with Gasteiger partial charge in [-0.2, -0.15) is 0 Å². The van der Waals surface area contributed by atoms with Crippen LogP contribution in [0.15, 0.2) is 0 Å². The van der Waals surface area contributed by atoms with Crippen LogP contribution in [0.3, 0.4) is 0 Å². The van der Waals surface area contributed by atoms with Crippen molar-refractivity contribution >= 4 is 6.41 Å². The van der Waals surface area contributed by atoms with Gasteiger partial charge in [-0.3, -0.25) is 4.79 Å². The summed E-state index contributed by atoms with van der Waals surface area (Å²) in [5.74, 6) is 0. The number of primary amides is 1. The molecule has 0 aliphatic heterocycles. The Morgan fingerprint density at radius 3 is 2.10 bits per heavy atom. The van der Waals surface area contributed by atoms with E-state index in [0.29, 0.717) is 0 Å². The van der Waals surface area contributed by atoms with Crippen LogP contribution in [0.1, 0.15) is 0 Å². The third-order valence-corrected chi connectivity index (χ3v) is 0.743. The van der Waals surface area contributed by atoms with E-state index in [0.717, 1.165) is 13.2 Å². The molecule has 10 heavy (non-hydrogen) atoms. The predicted octanol–water partition coefficient (Wildman–Crippen LogP) is -0.704. The molecule has 0 radical (unpaired) electrons. The Morgan fingerprint density at radius 1 is 1.60 bits per heavy atom. The van der Waals surface area contributed by atoms with E-state index in [1.54, 1.807) is 7.11 Å². The van der Waals surface area contributed by atoms with Crippen LogP contribution >= 0.6 is 0 Å². The Balaban J connectivity index is 0. The maximum Gasteiger partial charge on any atom is 0.204 e. The fourth-order valence-corrected chi connectivity index (χ4v) is 0.274. The third-order valence-electron chi connectivity index (χ3n) is 0.743. The van der Waals surface area contributed by atoms with Gasteiger partial charge in [-0.25, -0.2) is 0 Å². The predicted molar refractivity (Wildman–Crippen MR) is 40.7 cm³/mol. The molecular formula is C6H16N2O2. The number of methoxy groups -OCH3 is 1. The molecule has 2 N–H and O–H groups in total. The largest absolute Gasteiger partial charge is 0.383 e. The molecule has 0 aromatic heterocycles. The summed E-state index contributed by atoms with van der Waals surface area (Å²) < 4.78 is 4.81. The molecule has 62 valence electrons. The summed E-state index contributed by atoms with van der Waals surface area (Å²) in [5, 5.41) is 0. The molecule has 0 aromatic rings. The lowest BCUT2D eigenvalue weighted by molar-refractivity contribution is -0.106. The molecule has 0 aliphatic rings. The molecule has 0 aliphatic carbocycles. The molecule has 0 aromatic carbocycles. The van der Waals surface area contributed by atoms with Gasteiger partial charge < -0.3 is 15.4 Å². The zero-order valence-electron chi connectivity index (χ0n) is 6.83. The number of amides is 1. The van der Waals surface area contributed by atoms with E-state index in [1.165, 1.54) is 0 Å². The number of carbonyl (C=O) groups excluding carboxylic acids is 1. The Bertz CT molecular complexity index is 66.8. The minimum atomic E-state index is 0.250. The number of nitrogens with two attached hydrogens (primary N) is 1. The van der Waals surface area contributed by atoms with E-state index >= 15 is 0 Å². The maximum absolute atomic E-state index is 8.58. The summed E-state index contributed by atoms with van der Waals surface area (Å²) in [4.78, 5) is 10.7. The van der Waals surface area contributed by atoms with Crippen molar-refractivity contribution in [3.05, 3.63) is 0 Å². The lowest BCUT2D eigenvalue weighted by atomic mass is 10.6. The Labute approximate surface area is 61.9 Å². The second-order valence-corrected chi connectivity index (χ2v) is 1.93. The van der Waals surface area contributed by atoms with E-state index in [-0.39, 0.29) is 6.41 Å². The fraction of sp³-hybridized carbons (Fsp3) is 0.833. The highest BCUT2D eigenvalue weighted by molar-refractivity contribution is 5.42. The lowest BCUT2D eigenvalue weighted by Crippen LogP contribution is -2.16. The molecule has 0 rings (SSSR count). The molecule has 0 heterocycles. The SMILES string of the molecule is COCCN(C)C.NC=O. The first kappa shape index (κ1) is 12.1. The monoisotopic (exact) mass is 148 g/mol. The summed E-state index contributed by atoms with van der Waals surface area (Å²) in [6, 6.07) is 0. The summed E-state index contributed by atoms with van der Waals surface area (Å²) in [5.41, 5.74) is 4.17. The highest BCUT2D eigenvalue weighted by Crippen LogP contribution is 1.71. The zero-order chi connectivity index (χ0) is 8.41. The van der Waals surface area contributed by atoms with E-state index in [1.807, 2.05) is 14.1 Å². The molecule has 1 amide bonds. The molecule has 0 unspecified atom stereocenters. The number of rotatable bonds is 3. The van der Waals surface area contributed by atoms with Crippen molar-refractivity contribution in [2.75, 3.05) is 34.4 Å². The van der Waals surface area contributed by atoms with E-state index in [2.05, 4.69) is 10.6 Å². The number of hydrogen-bond acceptors (Lipinski definition) is 3. The molecule has 0 fully saturated rings. The van der Waals surface area contributed by atoms with Crippen molar-refractivity contribution in [2.24, 2.45) is 5.73 Å². The topological polar surface area (TPSA) is 55.6 Å². The van der Waals surface area contributed by atoms with Crippen LogP contribution < -0.4 is 5.73 Å². The highest BCUT2D eigenvalue weighted by atomic mass is 16.5. The standard InChI is InChI=1S/C5H13NO.CH3NO/c1-6(2)4-5-7-3;2-1-3/h4-5H2,1-3H3;1H,(H2,2,3). The molecule has 0 saturated carbocycles. The van der Waals surface area contributed by atoms with Gasteiger partial charge in [0.15, 0.2) is 0 Å². The van der Waals surface area contributed by atoms with Gasteiger partial charge in [-0.15, -0.1) is 0 Å². The van der Waals surface area contributed by atoms with E-state index < -0.39 is 0 Å². The first-order valence-corrected chi connectivity index (χ1v) is 2.98. The summed E-state index contributed by atoms with van der Waals surface area (Å²) in [7, 11) is 5.77. The average Bonchev–Trinajstić information content (AvgIpc) is 1.85. The molecule has 4 heteroatoms. The van der Waals surface area contributed by atoms with Gasteiger partial charge in [-0.05, 0) is 14.1 Å². The number of nitrogens with zero attached hydrogens (tertiary/aromatic N) is 1. The highest BCUT2D eigenvalue weighted by Gasteiger charge is 1.83. The van der Waals surface area contributed by atoms with Gasteiger partial charge in [0, 0.05) is 13.7 Å². The van der Waals surface area contributed by atoms with Gasteiger partial charge in [-0.1, -0.05) is 0 Å². The number of carbonyl (C=O) groups is 1. The van der Waals surface area contributed by atoms with Crippen LogP contribution in [0.2, 0.25) is 0 Å². The second kappa shape index (κ2) is 11.2. The average molecular weight is 148 g/mol. The molecule has 0 spiro atoms. The van der Waals surface area contributed by atoms with Crippen LogP contribution in [0.5, 0.6) is 0 Å². The smallest absolute Gasteiger partial charge is 0.204 e. The van der Waals surface area contributed by atoms with Crippen LogP contribution in [-0.2, 0) is 9.53 Å². The van der Waals surface area contributed by atoms with Gasteiger partial charge in [0.1, 0.15) is 0 Å². The molecule has 0 bridgehead atoms. The minimum absolute atomic E-state index is 0.250. The van der Waals surface area contributed by atoms with Crippen LogP contribution in [0.25, 0.3) is 0 Å². The zero-order valence-corrected chi connectivity index (χ0v) is 6.83. The van der Waals surface area contributed by atoms with Crippen LogP contribution in [0, 0.1) is 0 Å². The van der Waals surface area contributed by atoms with Crippen molar-refractivity contribution in [1.82, 2.24) is 4.90 Å². The maximum atomic E-state index is 8.58. The lowest BCUT2D eigenvalue weighted by Gasteiger charge is -2.06. The van der Waals surface area contributed by atoms with Crippen LogP contribution in [0.4, 0.5) is 0 Å². The van der Waals surface area contributed by atoms with Crippen molar-refractivity contribution in [3.63, 3.8) is 0 Å².